The fourth-order valence-corrected chi connectivity index (χ4v) is 3.30. The molecule has 1 aliphatic carbocycles. The lowest BCUT2D eigenvalue weighted by atomic mass is 9.91. The van der Waals surface area contributed by atoms with Gasteiger partial charge in [0.05, 0.1) is 7.11 Å². The van der Waals surface area contributed by atoms with Crippen LogP contribution in [-0.4, -0.2) is 30.1 Å². The smallest absolute Gasteiger partial charge is 0.334 e. The third-order valence-corrected chi connectivity index (χ3v) is 4.90. The Balaban J connectivity index is 2.31. The van der Waals surface area contributed by atoms with Crippen LogP contribution in [0, 0.1) is 11.8 Å². The van der Waals surface area contributed by atoms with Crippen LogP contribution in [0.5, 0.6) is 0 Å². The molecule has 0 saturated heterocycles. The summed E-state index contributed by atoms with van der Waals surface area (Å²) in [5.41, 5.74) is 0. The van der Waals surface area contributed by atoms with Crippen LogP contribution >= 0.6 is 0 Å². The van der Waals surface area contributed by atoms with E-state index in [4.69, 9.17) is 0 Å². The van der Waals surface area contributed by atoms with Crippen molar-refractivity contribution >= 4 is 11.8 Å². The lowest BCUT2D eigenvalue weighted by molar-refractivity contribution is -0.150. The molecule has 0 spiro atoms. The molecule has 4 heteroatoms. The summed E-state index contributed by atoms with van der Waals surface area (Å²) in [6.45, 7) is 2.22. The van der Waals surface area contributed by atoms with Gasteiger partial charge in [-0.1, -0.05) is 50.5 Å². The van der Waals surface area contributed by atoms with Crippen molar-refractivity contribution in [2.75, 3.05) is 7.11 Å². The van der Waals surface area contributed by atoms with E-state index in [-0.39, 0.29) is 5.92 Å². The average molecular weight is 350 g/mol. The van der Waals surface area contributed by atoms with Crippen LogP contribution in [0.1, 0.15) is 71.1 Å². The number of carbonyl (C=O) groups excluding carboxylic acids is 2. The maximum absolute atomic E-state index is 12.1. The Morgan fingerprint density at radius 2 is 2.04 bits per heavy atom. The van der Waals surface area contributed by atoms with E-state index in [2.05, 4.69) is 23.8 Å². The Labute approximate surface area is 152 Å². The van der Waals surface area contributed by atoms with Gasteiger partial charge in [-0.25, -0.2) is 4.79 Å². The zero-order valence-corrected chi connectivity index (χ0v) is 15.8. The Morgan fingerprint density at radius 1 is 1.24 bits per heavy atom. The molecule has 0 bridgehead atoms. The van der Waals surface area contributed by atoms with Gasteiger partial charge in [0.25, 0.3) is 0 Å². The molecule has 0 aromatic heterocycles. The van der Waals surface area contributed by atoms with Crippen molar-refractivity contribution in [1.29, 1.82) is 0 Å². The van der Waals surface area contributed by atoms with Crippen LogP contribution in [-0.2, 0) is 14.3 Å². The molecule has 0 radical (unpaired) electrons. The van der Waals surface area contributed by atoms with Gasteiger partial charge < -0.3 is 9.84 Å². The summed E-state index contributed by atoms with van der Waals surface area (Å²) in [6.07, 6.45) is 16.9. The Morgan fingerprint density at radius 3 is 2.76 bits per heavy atom. The number of carbonyl (C=O) groups is 2. The highest BCUT2D eigenvalue weighted by atomic mass is 16.5. The minimum absolute atomic E-state index is 0.0914. The monoisotopic (exact) mass is 350 g/mol. The molecular weight excluding hydrogens is 316 g/mol. The number of hydrogen-bond donors (Lipinski definition) is 1. The fourth-order valence-electron chi connectivity index (χ4n) is 3.30. The second-order valence-electron chi connectivity index (χ2n) is 6.88. The normalized spacial score (nSPS) is 22.1. The number of aliphatic hydroxyl groups is 1. The predicted molar refractivity (Wildman–Crippen MR) is 100 cm³/mol. The first-order chi connectivity index (χ1) is 12.1. The number of esters is 1. The van der Waals surface area contributed by atoms with E-state index in [9.17, 15) is 14.7 Å². The minimum Gasteiger partial charge on any atom is -0.467 e. The molecule has 0 amide bonds. The van der Waals surface area contributed by atoms with E-state index < -0.39 is 12.1 Å². The van der Waals surface area contributed by atoms with Gasteiger partial charge in [0.15, 0.2) is 6.10 Å². The molecule has 1 unspecified atom stereocenters. The molecule has 0 aromatic rings. The van der Waals surface area contributed by atoms with Crippen molar-refractivity contribution in [3.8, 4) is 0 Å². The van der Waals surface area contributed by atoms with Crippen molar-refractivity contribution in [2.24, 2.45) is 11.8 Å². The van der Waals surface area contributed by atoms with Crippen LogP contribution in [0.4, 0.5) is 0 Å². The summed E-state index contributed by atoms with van der Waals surface area (Å²) in [5.74, 6) is 0.223. The molecule has 0 heterocycles. The summed E-state index contributed by atoms with van der Waals surface area (Å²) in [7, 11) is 1.27. The van der Waals surface area contributed by atoms with E-state index in [1.165, 1.54) is 32.8 Å². The summed E-state index contributed by atoms with van der Waals surface area (Å²) < 4.78 is 4.48. The zero-order chi connectivity index (χ0) is 18.5. The quantitative estimate of drug-likeness (QED) is 0.322. The summed E-state index contributed by atoms with van der Waals surface area (Å²) in [5, 5.41) is 9.52. The number of hydrogen-bond acceptors (Lipinski definition) is 4. The van der Waals surface area contributed by atoms with Gasteiger partial charge in [-0.15, -0.1) is 0 Å². The number of methoxy groups -OCH3 is 1. The fraction of sp³-hybridized carbons (Fsp3) is 0.714. The van der Waals surface area contributed by atoms with E-state index in [0.717, 1.165) is 19.3 Å². The average Bonchev–Trinajstić information content (AvgIpc) is 2.96. The second kappa shape index (κ2) is 12.9. The van der Waals surface area contributed by atoms with Crippen molar-refractivity contribution < 1.29 is 19.4 Å². The standard InChI is InChI=1S/C21H34O4/c1-3-4-5-6-7-9-12-17-15-16-19(22)18(17)13-10-8-11-14-20(23)21(24)25-2/h8-10,12,17-18,20,23H,3-7,11,13-16H2,1-2H3/t17-,18+,20?/m0/s1. The third kappa shape index (κ3) is 8.48. The first kappa shape index (κ1) is 21.6. The van der Waals surface area contributed by atoms with E-state index in [0.29, 0.717) is 31.0 Å². The van der Waals surface area contributed by atoms with Crippen LogP contribution in [0.2, 0.25) is 0 Å². The van der Waals surface area contributed by atoms with Crippen LogP contribution in [0.25, 0.3) is 0 Å². The molecule has 1 aliphatic rings. The van der Waals surface area contributed by atoms with Gasteiger partial charge in [-0.3, -0.25) is 4.79 Å². The lowest BCUT2D eigenvalue weighted by Gasteiger charge is -2.12. The van der Waals surface area contributed by atoms with Gasteiger partial charge in [-0.05, 0) is 44.4 Å². The van der Waals surface area contributed by atoms with Gasteiger partial charge in [0, 0.05) is 12.3 Å². The van der Waals surface area contributed by atoms with Gasteiger partial charge in [0.1, 0.15) is 5.78 Å². The summed E-state index contributed by atoms with van der Waals surface area (Å²) >= 11 is 0. The Kier molecular flexibility index (Phi) is 11.1. The molecule has 0 aromatic carbocycles. The SMILES string of the molecule is CCCCCCC=C[C@H]1CCC(=O)[C@@H]1CC=CCCC(O)C(=O)OC. The highest BCUT2D eigenvalue weighted by Gasteiger charge is 2.31. The molecule has 1 fully saturated rings. The summed E-state index contributed by atoms with van der Waals surface area (Å²) in [6, 6.07) is 0. The largest absolute Gasteiger partial charge is 0.467 e. The number of ether oxygens (including phenoxy) is 1. The number of rotatable bonds is 12. The van der Waals surface area contributed by atoms with Crippen LogP contribution < -0.4 is 0 Å². The number of aliphatic hydroxyl groups excluding tert-OH is 1. The maximum Gasteiger partial charge on any atom is 0.334 e. The van der Waals surface area contributed by atoms with Crippen LogP contribution in [0.15, 0.2) is 24.3 Å². The first-order valence-corrected chi connectivity index (χ1v) is 9.70. The van der Waals surface area contributed by atoms with Gasteiger partial charge in [-0.2, -0.15) is 0 Å². The summed E-state index contributed by atoms with van der Waals surface area (Å²) in [4.78, 5) is 23.2. The molecule has 3 atom stereocenters. The van der Waals surface area contributed by atoms with Crippen molar-refractivity contribution in [1.82, 2.24) is 0 Å². The molecule has 142 valence electrons. The topological polar surface area (TPSA) is 63.6 Å². The molecule has 1 N–H and O–H groups in total. The predicted octanol–water partition coefficient (Wildman–Crippen LogP) is 4.37. The second-order valence-corrected chi connectivity index (χ2v) is 6.88. The molecule has 1 rings (SSSR count). The van der Waals surface area contributed by atoms with Crippen LogP contribution in [0.3, 0.4) is 0 Å². The van der Waals surface area contributed by atoms with E-state index in [1.807, 2.05) is 12.2 Å². The number of unbranched alkanes of at least 4 members (excludes halogenated alkanes) is 4. The minimum atomic E-state index is -1.06. The highest BCUT2D eigenvalue weighted by Crippen LogP contribution is 2.33. The third-order valence-electron chi connectivity index (χ3n) is 4.90. The van der Waals surface area contributed by atoms with Crippen molar-refractivity contribution in [2.45, 2.75) is 77.2 Å². The molecule has 4 nitrogen and oxygen atoms in total. The molecule has 0 aliphatic heterocycles. The molecule has 25 heavy (non-hydrogen) atoms. The zero-order valence-electron chi connectivity index (χ0n) is 15.8. The van der Waals surface area contributed by atoms with Gasteiger partial charge >= 0.3 is 5.97 Å². The molecular formula is C21H34O4. The van der Waals surface area contributed by atoms with Crippen molar-refractivity contribution in [3.05, 3.63) is 24.3 Å². The Hall–Kier alpha value is -1.42. The first-order valence-electron chi connectivity index (χ1n) is 9.70. The van der Waals surface area contributed by atoms with E-state index in [1.54, 1.807) is 0 Å². The lowest BCUT2D eigenvalue weighted by Crippen LogP contribution is -2.21. The number of ketones is 1. The van der Waals surface area contributed by atoms with E-state index >= 15 is 0 Å². The van der Waals surface area contributed by atoms with Crippen molar-refractivity contribution in [3.63, 3.8) is 0 Å². The Bertz CT molecular complexity index is 453. The number of allylic oxidation sites excluding steroid dienone is 4. The maximum atomic E-state index is 12.1. The number of Topliss-reactive ketones (excluding diaryl/α,β-unsaturated/α-hetero) is 1. The molecule has 1 saturated carbocycles. The highest BCUT2D eigenvalue weighted by molar-refractivity contribution is 5.83. The van der Waals surface area contributed by atoms with Gasteiger partial charge in [0.2, 0.25) is 0 Å².